The summed E-state index contributed by atoms with van der Waals surface area (Å²) in [6, 6.07) is 1.72. The molecule has 0 saturated carbocycles. The molecule has 4 nitrogen and oxygen atoms in total. The highest BCUT2D eigenvalue weighted by molar-refractivity contribution is 6.36. The van der Waals surface area contributed by atoms with Crippen LogP contribution >= 0.6 is 11.6 Å². The molecule has 1 heterocycles. The van der Waals surface area contributed by atoms with Crippen LogP contribution in [0, 0.1) is 6.92 Å². The summed E-state index contributed by atoms with van der Waals surface area (Å²) in [5.41, 5.74) is 12.7. The van der Waals surface area contributed by atoms with E-state index in [1.165, 1.54) is 6.20 Å². The van der Waals surface area contributed by atoms with Gasteiger partial charge in [-0.05, 0) is 36.4 Å². The van der Waals surface area contributed by atoms with Gasteiger partial charge < -0.3 is 5.73 Å². The summed E-state index contributed by atoms with van der Waals surface area (Å²) in [7, 11) is 0. The number of nitrogens with two attached hydrogens (primary N) is 1. The van der Waals surface area contributed by atoms with E-state index in [-0.39, 0.29) is 29.6 Å². The van der Waals surface area contributed by atoms with Crippen molar-refractivity contribution in [3.05, 3.63) is 63.3 Å². The fourth-order valence-electron chi connectivity index (χ4n) is 1.94. The molecule has 0 unspecified atom stereocenters. The van der Waals surface area contributed by atoms with Crippen molar-refractivity contribution in [3.63, 3.8) is 0 Å². The first-order valence-corrected chi connectivity index (χ1v) is 6.70. The number of Topliss-reactive ketones (excluding diaryl/α,β-unsaturated/α-hetero) is 2. The van der Waals surface area contributed by atoms with E-state index in [4.69, 9.17) is 17.3 Å². The van der Waals surface area contributed by atoms with E-state index >= 15 is 0 Å². The van der Waals surface area contributed by atoms with E-state index in [2.05, 4.69) is 16.4 Å². The zero-order valence-electron chi connectivity index (χ0n) is 11.4. The topological polar surface area (TPSA) is 73.1 Å². The molecule has 1 aliphatic carbocycles. The molecule has 2 N–H and O–H groups in total. The molecule has 106 valence electrons. The van der Waals surface area contributed by atoms with Gasteiger partial charge in [0.25, 0.3) is 0 Å². The maximum Gasteiger partial charge on any atom is 0.197 e. The normalized spacial score (nSPS) is 12.9. The lowest BCUT2D eigenvalue weighted by Gasteiger charge is -2.10. The van der Waals surface area contributed by atoms with Crippen molar-refractivity contribution >= 4 is 23.2 Å². The first kappa shape index (κ1) is 15.2. The van der Waals surface area contributed by atoms with Gasteiger partial charge in [0, 0.05) is 23.9 Å². The Morgan fingerprint density at radius 1 is 1.43 bits per heavy atom. The van der Waals surface area contributed by atoms with Gasteiger partial charge in [0.2, 0.25) is 0 Å². The van der Waals surface area contributed by atoms with Gasteiger partial charge in [-0.15, -0.1) is 0 Å². The van der Waals surface area contributed by atoms with E-state index in [0.29, 0.717) is 16.7 Å². The average molecular weight is 301 g/mol. The summed E-state index contributed by atoms with van der Waals surface area (Å²) in [4.78, 5) is 28.3. The van der Waals surface area contributed by atoms with Gasteiger partial charge in [-0.25, -0.2) is 0 Å². The molecule has 0 bridgehead atoms. The quantitative estimate of drug-likeness (QED) is 0.667. The van der Waals surface area contributed by atoms with Crippen LogP contribution in [0.3, 0.4) is 0 Å². The molecule has 0 radical (unpaired) electrons. The highest BCUT2D eigenvalue weighted by atomic mass is 35.5. The Labute approximate surface area is 127 Å². The van der Waals surface area contributed by atoms with Gasteiger partial charge >= 0.3 is 0 Å². The van der Waals surface area contributed by atoms with Crippen LogP contribution in [0.25, 0.3) is 0 Å². The second kappa shape index (κ2) is 6.49. The molecule has 0 atom stereocenters. The molecular formula is C16H13ClN2O2. The van der Waals surface area contributed by atoms with Crippen LogP contribution in [-0.4, -0.2) is 23.1 Å². The fourth-order valence-corrected chi connectivity index (χ4v) is 2.15. The summed E-state index contributed by atoms with van der Waals surface area (Å²) >= 11 is 5.97. The van der Waals surface area contributed by atoms with E-state index in [1.54, 1.807) is 25.1 Å². The Kier molecular flexibility index (Phi) is 4.69. The number of rotatable bonds is 5. The first-order chi connectivity index (χ1) is 10.0. The Hall–Kier alpha value is -2.22. The number of aromatic nitrogens is 1. The van der Waals surface area contributed by atoms with Crippen molar-refractivity contribution in [2.24, 2.45) is 5.73 Å². The molecule has 0 aromatic carbocycles. The lowest BCUT2D eigenvalue weighted by atomic mass is 9.95. The number of pyridine rings is 1. The number of halogens is 1. The first-order valence-electron chi connectivity index (χ1n) is 6.32. The number of aryl methyl sites for hydroxylation is 1. The van der Waals surface area contributed by atoms with Crippen molar-refractivity contribution < 1.29 is 9.59 Å². The maximum atomic E-state index is 12.6. The molecule has 0 spiro atoms. The second-order valence-electron chi connectivity index (χ2n) is 4.56. The number of carbonyl (C=O) groups excluding carboxylic acids is 2. The predicted octanol–water partition coefficient (Wildman–Crippen LogP) is 2.02. The highest BCUT2D eigenvalue weighted by Gasteiger charge is 2.20. The van der Waals surface area contributed by atoms with Crippen LogP contribution in [0.2, 0.25) is 0 Å². The minimum atomic E-state index is -0.294. The molecule has 5 heteroatoms. The van der Waals surface area contributed by atoms with Crippen molar-refractivity contribution in [1.29, 1.82) is 0 Å². The fraction of sp³-hybridized carbons (Fsp3) is 0.188. The van der Waals surface area contributed by atoms with Crippen molar-refractivity contribution in [1.82, 2.24) is 4.98 Å². The Balaban J connectivity index is 2.42. The summed E-state index contributed by atoms with van der Waals surface area (Å²) < 4.78 is 0. The summed E-state index contributed by atoms with van der Waals surface area (Å²) in [6.45, 7) is 1.73. The van der Waals surface area contributed by atoms with Crippen LogP contribution in [0.1, 0.15) is 21.6 Å². The lowest BCUT2D eigenvalue weighted by Crippen LogP contribution is -2.18. The third kappa shape index (κ3) is 3.46. The molecule has 0 saturated heterocycles. The molecule has 1 aromatic rings. The van der Waals surface area contributed by atoms with Gasteiger partial charge in [0.05, 0.1) is 12.1 Å². The molecule has 0 aliphatic heterocycles. The highest BCUT2D eigenvalue weighted by Crippen LogP contribution is 2.23. The maximum absolute atomic E-state index is 12.6. The predicted molar refractivity (Wildman–Crippen MR) is 80.1 cm³/mol. The van der Waals surface area contributed by atoms with E-state index in [0.717, 1.165) is 5.69 Å². The average Bonchev–Trinajstić information content (AvgIpc) is 2.47. The van der Waals surface area contributed by atoms with Crippen molar-refractivity contribution in [3.8, 4) is 0 Å². The van der Waals surface area contributed by atoms with Crippen LogP contribution in [-0.2, 0) is 11.2 Å². The Bertz CT molecular complexity index is 750. The number of hydrogen-bond donors (Lipinski definition) is 1. The van der Waals surface area contributed by atoms with Crippen LogP contribution in [0.4, 0.5) is 0 Å². The van der Waals surface area contributed by atoms with Crippen LogP contribution in [0.15, 0.2) is 46.5 Å². The van der Waals surface area contributed by atoms with Crippen molar-refractivity contribution in [2.75, 3.05) is 6.54 Å². The third-order valence-electron chi connectivity index (χ3n) is 2.98. The monoisotopic (exact) mass is 300 g/mol. The number of allylic oxidation sites excluding steroid dienone is 4. The largest absolute Gasteiger partial charge is 0.324 e. The minimum Gasteiger partial charge on any atom is -0.324 e. The minimum absolute atomic E-state index is 0.0656. The number of nitrogens with zero attached hydrogens (tertiary/aromatic N) is 1. The van der Waals surface area contributed by atoms with Gasteiger partial charge in [0.1, 0.15) is 5.03 Å². The standard InChI is InChI=1S/C16H13ClN2O2/c1-10-6-11(7-12(20)8-18)14(9-19-10)16(21)13-4-2-3-5-15(13)17/h2,4,6,9H,7-8,18H2,1H3. The summed E-state index contributed by atoms with van der Waals surface area (Å²) in [6.07, 6.45) is 4.69. The summed E-state index contributed by atoms with van der Waals surface area (Å²) in [5.74, 6) is -0.439. The molecule has 1 aromatic heterocycles. The van der Waals surface area contributed by atoms with E-state index < -0.39 is 0 Å². The molecular weight excluding hydrogens is 288 g/mol. The Morgan fingerprint density at radius 2 is 2.19 bits per heavy atom. The number of hydrogen-bond acceptors (Lipinski definition) is 4. The third-order valence-corrected chi connectivity index (χ3v) is 3.28. The van der Waals surface area contributed by atoms with Crippen LogP contribution < -0.4 is 5.73 Å². The lowest BCUT2D eigenvalue weighted by molar-refractivity contribution is -0.117. The molecule has 0 amide bonds. The number of carbonyl (C=O) groups is 2. The van der Waals surface area contributed by atoms with Crippen molar-refractivity contribution in [2.45, 2.75) is 13.3 Å². The molecule has 2 rings (SSSR count). The Morgan fingerprint density at radius 3 is 2.86 bits per heavy atom. The van der Waals surface area contributed by atoms with Gasteiger partial charge in [-0.2, -0.15) is 0 Å². The molecule has 0 fully saturated rings. The SMILES string of the molecule is Cc1cc(CC(=O)CN)c(C(=O)C2=CC=C=C=C2Cl)cn1. The van der Waals surface area contributed by atoms with E-state index in [9.17, 15) is 9.59 Å². The zero-order chi connectivity index (χ0) is 15.4. The second-order valence-corrected chi connectivity index (χ2v) is 4.94. The van der Waals surface area contributed by atoms with Gasteiger partial charge in [0.15, 0.2) is 11.6 Å². The van der Waals surface area contributed by atoms with E-state index in [1.807, 2.05) is 0 Å². The van der Waals surface area contributed by atoms with Gasteiger partial charge in [-0.1, -0.05) is 17.3 Å². The smallest absolute Gasteiger partial charge is 0.197 e. The zero-order valence-corrected chi connectivity index (χ0v) is 12.2. The summed E-state index contributed by atoms with van der Waals surface area (Å²) in [5, 5.41) is 0.194. The molecule has 21 heavy (non-hydrogen) atoms. The van der Waals surface area contributed by atoms with Crippen LogP contribution in [0.5, 0.6) is 0 Å². The number of ketones is 2. The van der Waals surface area contributed by atoms with Gasteiger partial charge in [-0.3, -0.25) is 14.6 Å². The molecule has 1 aliphatic rings.